The van der Waals surface area contributed by atoms with Crippen molar-refractivity contribution in [1.82, 2.24) is 14.6 Å². The summed E-state index contributed by atoms with van der Waals surface area (Å²) in [5, 5.41) is 8.03. The van der Waals surface area contributed by atoms with Crippen molar-refractivity contribution in [1.29, 1.82) is 0 Å². The molecule has 6 rings (SSSR count). The Hall–Kier alpha value is -3.13. The minimum absolute atomic E-state index is 0.0846. The van der Waals surface area contributed by atoms with E-state index in [1.165, 1.54) is 0 Å². The lowest BCUT2D eigenvalue weighted by atomic mass is 9.53. The normalized spacial score (nSPS) is 26.7. The molecular weight excluding hydrogens is 394 g/mol. The minimum atomic E-state index is -0.508. The highest BCUT2D eigenvalue weighted by atomic mass is 16.5. The number of carbonyl (C=O) groups is 1. The zero-order chi connectivity index (χ0) is 21.0. The van der Waals surface area contributed by atoms with Crippen molar-refractivity contribution < 1.29 is 14.3 Å². The number of nitrogens with one attached hydrogen (secondary N) is 1. The predicted octanol–water partition coefficient (Wildman–Crippen LogP) is 2.70. The monoisotopic (exact) mass is 419 g/mol. The van der Waals surface area contributed by atoms with Crippen LogP contribution in [0.4, 0.5) is 5.69 Å². The van der Waals surface area contributed by atoms with Crippen LogP contribution in [0.2, 0.25) is 0 Å². The van der Waals surface area contributed by atoms with Gasteiger partial charge in [-0.2, -0.15) is 5.10 Å². The van der Waals surface area contributed by atoms with Gasteiger partial charge in [0.25, 0.3) is 5.91 Å². The van der Waals surface area contributed by atoms with Crippen LogP contribution in [0.1, 0.15) is 47.3 Å². The number of carbonyl (C=O) groups excluding carboxylic acids is 1. The Morgan fingerprint density at radius 3 is 3.00 bits per heavy atom. The number of fused-ring (bicyclic) bond motifs is 2. The topological polar surface area (TPSA) is 104 Å². The molecule has 3 aromatic rings. The van der Waals surface area contributed by atoms with Crippen LogP contribution in [-0.4, -0.2) is 39.3 Å². The highest BCUT2D eigenvalue weighted by Crippen LogP contribution is 2.57. The fraction of sp³-hybridized carbons (Fsp3) is 0.435. The molecule has 2 saturated carbocycles. The lowest BCUT2D eigenvalue weighted by Crippen LogP contribution is -2.56. The number of primary amides is 1. The van der Waals surface area contributed by atoms with E-state index in [2.05, 4.69) is 21.5 Å². The number of rotatable bonds is 5. The van der Waals surface area contributed by atoms with Crippen LogP contribution in [-0.2, 0) is 17.8 Å². The van der Waals surface area contributed by atoms with Gasteiger partial charge in [-0.3, -0.25) is 4.79 Å². The molecule has 1 amide bonds. The van der Waals surface area contributed by atoms with Crippen LogP contribution < -0.4 is 15.8 Å². The largest absolute Gasteiger partial charge is 0.474 e. The van der Waals surface area contributed by atoms with E-state index in [0.717, 1.165) is 54.6 Å². The van der Waals surface area contributed by atoms with Crippen molar-refractivity contribution in [2.45, 2.75) is 50.9 Å². The first-order valence-electron chi connectivity index (χ1n) is 10.8. The average molecular weight is 419 g/mol. The summed E-state index contributed by atoms with van der Waals surface area (Å²) in [7, 11) is 0. The Balaban J connectivity index is 1.08. The molecule has 31 heavy (non-hydrogen) atoms. The van der Waals surface area contributed by atoms with E-state index in [9.17, 15) is 4.79 Å². The molecule has 2 fully saturated rings. The van der Waals surface area contributed by atoms with Crippen LogP contribution >= 0.6 is 0 Å². The van der Waals surface area contributed by atoms with E-state index in [-0.39, 0.29) is 6.10 Å². The van der Waals surface area contributed by atoms with E-state index in [4.69, 9.17) is 15.2 Å². The average Bonchev–Trinajstić information content (AvgIpc) is 3.13. The molecule has 160 valence electrons. The quantitative estimate of drug-likeness (QED) is 0.659. The van der Waals surface area contributed by atoms with Gasteiger partial charge < -0.3 is 20.5 Å². The van der Waals surface area contributed by atoms with Crippen molar-refractivity contribution in [3.05, 3.63) is 53.5 Å². The molecule has 8 nitrogen and oxygen atoms in total. The molecule has 3 N–H and O–H groups in total. The van der Waals surface area contributed by atoms with Crippen LogP contribution in [0.3, 0.4) is 0 Å². The van der Waals surface area contributed by atoms with Crippen LogP contribution in [0.15, 0.2) is 36.7 Å². The number of nitrogens with two attached hydrogens (primary N) is 1. The molecule has 4 heterocycles. The standard InChI is InChI=1S/C23H25N5O3/c24-21(29)17-7-14-13-30-6-4-18(14)27-22(17)31-16-10-23(11-16)8-15(9-23)26-19-12-25-28-5-2-1-3-20(19)28/h1-3,5,7,12,15-16,26H,4,6,8-11,13H2,(H2,24,29). The number of amides is 1. The number of ether oxygens (including phenoxy) is 2. The molecule has 3 aromatic heterocycles. The molecule has 8 heteroatoms. The van der Waals surface area contributed by atoms with Gasteiger partial charge in [0.2, 0.25) is 5.88 Å². The predicted molar refractivity (Wildman–Crippen MR) is 114 cm³/mol. The van der Waals surface area contributed by atoms with Gasteiger partial charge in [-0.05, 0) is 49.3 Å². The molecule has 0 radical (unpaired) electrons. The van der Waals surface area contributed by atoms with Gasteiger partial charge >= 0.3 is 0 Å². The first kappa shape index (κ1) is 18.6. The summed E-state index contributed by atoms with van der Waals surface area (Å²) in [5.74, 6) is -0.125. The molecule has 0 unspecified atom stereocenters. The third kappa shape index (κ3) is 3.22. The van der Waals surface area contributed by atoms with Crippen LogP contribution in [0.25, 0.3) is 5.52 Å². The minimum Gasteiger partial charge on any atom is -0.474 e. The maximum atomic E-state index is 11.9. The zero-order valence-corrected chi connectivity index (χ0v) is 17.2. The Labute approximate surface area is 179 Å². The second-order valence-electron chi connectivity index (χ2n) is 9.10. The fourth-order valence-corrected chi connectivity index (χ4v) is 5.37. The smallest absolute Gasteiger partial charge is 0.254 e. The van der Waals surface area contributed by atoms with Gasteiger partial charge in [-0.25, -0.2) is 9.50 Å². The Morgan fingerprint density at radius 2 is 2.16 bits per heavy atom. The number of hydrogen-bond donors (Lipinski definition) is 2. The van der Waals surface area contributed by atoms with Gasteiger partial charge in [0, 0.05) is 24.2 Å². The number of hydrogen-bond acceptors (Lipinski definition) is 6. The lowest BCUT2D eigenvalue weighted by Gasteiger charge is -2.57. The molecular formula is C23H25N5O3. The Bertz CT molecular complexity index is 1160. The maximum absolute atomic E-state index is 11.9. The first-order valence-corrected chi connectivity index (χ1v) is 10.8. The molecule has 0 atom stereocenters. The van der Waals surface area contributed by atoms with Gasteiger partial charge in [-0.15, -0.1) is 0 Å². The van der Waals surface area contributed by atoms with Crippen molar-refractivity contribution in [3.8, 4) is 5.88 Å². The summed E-state index contributed by atoms with van der Waals surface area (Å²) >= 11 is 0. The van der Waals surface area contributed by atoms with Crippen molar-refractivity contribution in [3.63, 3.8) is 0 Å². The second-order valence-corrected chi connectivity index (χ2v) is 9.10. The third-order valence-electron chi connectivity index (χ3n) is 6.91. The van der Waals surface area contributed by atoms with Gasteiger partial charge in [-0.1, -0.05) is 6.07 Å². The summed E-state index contributed by atoms with van der Waals surface area (Å²) < 4.78 is 13.5. The number of anilines is 1. The van der Waals surface area contributed by atoms with E-state index in [0.29, 0.717) is 36.1 Å². The molecule has 3 aliphatic rings. The summed E-state index contributed by atoms with van der Waals surface area (Å²) in [4.78, 5) is 16.5. The van der Waals surface area contributed by atoms with E-state index in [1.807, 2.05) is 29.0 Å². The van der Waals surface area contributed by atoms with Crippen LogP contribution in [0.5, 0.6) is 5.88 Å². The molecule has 1 spiro atoms. The van der Waals surface area contributed by atoms with Gasteiger partial charge in [0.1, 0.15) is 11.7 Å². The van der Waals surface area contributed by atoms with Crippen LogP contribution in [0, 0.1) is 5.41 Å². The zero-order valence-electron chi connectivity index (χ0n) is 17.2. The molecule has 0 bridgehead atoms. The third-order valence-corrected chi connectivity index (χ3v) is 6.91. The Kier molecular flexibility index (Phi) is 4.17. The van der Waals surface area contributed by atoms with E-state index < -0.39 is 5.91 Å². The highest BCUT2D eigenvalue weighted by molar-refractivity contribution is 5.95. The number of aromatic nitrogens is 3. The highest BCUT2D eigenvalue weighted by Gasteiger charge is 2.54. The molecule has 2 aliphatic carbocycles. The SMILES string of the molecule is NC(=O)c1cc2c(nc1OC1CC3(CC(Nc4cnn5ccccc45)C3)C1)CCOC2. The summed E-state index contributed by atoms with van der Waals surface area (Å²) in [6.07, 6.45) is 8.88. The van der Waals surface area contributed by atoms with Crippen molar-refractivity contribution in [2.24, 2.45) is 11.1 Å². The second kappa shape index (κ2) is 6.95. The number of nitrogens with zero attached hydrogens (tertiary/aromatic N) is 3. The van der Waals surface area contributed by atoms with E-state index in [1.54, 1.807) is 6.07 Å². The van der Waals surface area contributed by atoms with Gasteiger partial charge in [0.05, 0.1) is 36.3 Å². The maximum Gasteiger partial charge on any atom is 0.254 e. The lowest BCUT2D eigenvalue weighted by molar-refractivity contribution is -0.0760. The number of pyridine rings is 2. The Morgan fingerprint density at radius 1 is 1.29 bits per heavy atom. The summed E-state index contributed by atoms with van der Waals surface area (Å²) in [6.45, 7) is 1.11. The van der Waals surface area contributed by atoms with Crippen molar-refractivity contribution >= 4 is 17.1 Å². The van der Waals surface area contributed by atoms with Crippen molar-refractivity contribution in [2.75, 3.05) is 11.9 Å². The first-order chi connectivity index (χ1) is 15.1. The molecule has 0 aromatic carbocycles. The summed E-state index contributed by atoms with van der Waals surface area (Å²) in [6, 6.07) is 8.32. The molecule has 1 aliphatic heterocycles. The summed E-state index contributed by atoms with van der Waals surface area (Å²) in [5.41, 5.74) is 10.3. The molecule has 0 saturated heterocycles. The van der Waals surface area contributed by atoms with Gasteiger partial charge in [0.15, 0.2) is 0 Å². The fourth-order valence-electron chi connectivity index (χ4n) is 5.37. The van der Waals surface area contributed by atoms with E-state index >= 15 is 0 Å².